The van der Waals surface area contributed by atoms with Crippen LogP contribution in [0, 0.1) is 6.92 Å². The van der Waals surface area contributed by atoms with Crippen LogP contribution in [0.4, 0.5) is 0 Å². The van der Waals surface area contributed by atoms with Crippen LogP contribution >= 0.6 is 11.6 Å². The number of benzene rings is 1. The van der Waals surface area contributed by atoms with Gasteiger partial charge in [0.25, 0.3) is 5.91 Å². The van der Waals surface area contributed by atoms with Crippen molar-refractivity contribution in [2.45, 2.75) is 13.0 Å². The number of aryl methyl sites for hydroxylation is 1. The first-order valence-corrected chi connectivity index (χ1v) is 9.02. The number of rotatable bonds is 7. The van der Waals surface area contributed by atoms with Crippen molar-refractivity contribution in [2.75, 3.05) is 39.5 Å². The Labute approximate surface area is 158 Å². The summed E-state index contributed by atoms with van der Waals surface area (Å²) in [4.78, 5) is 14.4. The lowest BCUT2D eigenvalue weighted by Gasteiger charge is -2.33. The van der Waals surface area contributed by atoms with E-state index in [4.69, 9.17) is 25.5 Å². The van der Waals surface area contributed by atoms with Crippen LogP contribution in [0.1, 0.15) is 17.4 Å². The maximum Gasteiger partial charge on any atom is 0.258 e. The van der Waals surface area contributed by atoms with Crippen LogP contribution in [0.2, 0.25) is 5.02 Å². The molecule has 6 nitrogen and oxygen atoms in total. The van der Waals surface area contributed by atoms with Crippen molar-refractivity contribution in [3.05, 3.63) is 52.9 Å². The number of carbonyl (C=O) groups is 1. The van der Waals surface area contributed by atoms with Crippen LogP contribution in [0.15, 0.2) is 41.0 Å². The van der Waals surface area contributed by atoms with Crippen molar-refractivity contribution in [3.8, 4) is 5.75 Å². The molecule has 1 saturated heterocycles. The molecule has 1 N–H and O–H groups in total. The summed E-state index contributed by atoms with van der Waals surface area (Å²) < 4.78 is 16.5. The highest BCUT2D eigenvalue weighted by Gasteiger charge is 2.25. The first kappa shape index (κ1) is 18.8. The molecular formula is C19H23ClN2O4. The van der Waals surface area contributed by atoms with E-state index in [1.165, 1.54) is 0 Å². The van der Waals surface area contributed by atoms with Gasteiger partial charge in [0.05, 0.1) is 25.5 Å². The average Bonchev–Trinajstić information content (AvgIpc) is 3.18. The van der Waals surface area contributed by atoms with Crippen molar-refractivity contribution in [1.29, 1.82) is 0 Å². The van der Waals surface area contributed by atoms with E-state index >= 15 is 0 Å². The van der Waals surface area contributed by atoms with Gasteiger partial charge < -0.3 is 19.2 Å². The molecule has 0 bridgehead atoms. The molecule has 3 rings (SSSR count). The Morgan fingerprint density at radius 2 is 2.15 bits per heavy atom. The normalized spacial score (nSPS) is 16.2. The fraction of sp³-hybridized carbons (Fsp3) is 0.421. The lowest BCUT2D eigenvalue weighted by Crippen LogP contribution is -2.44. The Morgan fingerprint density at radius 1 is 1.35 bits per heavy atom. The van der Waals surface area contributed by atoms with E-state index in [1.54, 1.807) is 18.4 Å². The fourth-order valence-corrected chi connectivity index (χ4v) is 3.01. The van der Waals surface area contributed by atoms with Crippen molar-refractivity contribution in [1.82, 2.24) is 10.2 Å². The highest BCUT2D eigenvalue weighted by molar-refractivity contribution is 6.31. The van der Waals surface area contributed by atoms with Crippen molar-refractivity contribution >= 4 is 17.5 Å². The Hall–Kier alpha value is -2.02. The van der Waals surface area contributed by atoms with E-state index in [0.717, 1.165) is 24.4 Å². The molecule has 7 heteroatoms. The Bertz CT molecular complexity index is 714. The Balaban J connectivity index is 1.52. The van der Waals surface area contributed by atoms with E-state index in [-0.39, 0.29) is 18.6 Å². The van der Waals surface area contributed by atoms with Crippen LogP contribution in [-0.4, -0.2) is 50.3 Å². The summed E-state index contributed by atoms with van der Waals surface area (Å²) in [6.45, 7) is 5.29. The summed E-state index contributed by atoms with van der Waals surface area (Å²) in [5.41, 5.74) is 0.912. The molecule has 26 heavy (non-hydrogen) atoms. The number of hydrogen-bond acceptors (Lipinski definition) is 5. The number of nitrogens with zero attached hydrogens (tertiary/aromatic N) is 1. The fourth-order valence-electron chi connectivity index (χ4n) is 2.90. The van der Waals surface area contributed by atoms with Crippen LogP contribution in [-0.2, 0) is 9.53 Å². The summed E-state index contributed by atoms with van der Waals surface area (Å²) >= 11 is 5.99. The minimum Gasteiger partial charge on any atom is -0.484 e. The molecule has 0 spiro atoms. The van der Waals surface area contributed by atoms with Crippen LogP contribution < -0.4 is 10.1 Å². The van der Waals surface area contributed by atoms with Gasteiger partial charge in [-0.3, -0.25) is 9.69 Å². The number of amides is 1. The molecule has 1 aromatic heterocycles. The van der Waals surface area contributed by atoms with Crippen molar-refractivity contribution in [3.63, 3.8) is 0 Å². The molecular weight excluding hydrogens is 356 g/mol. The van der Waals surface area contributed by atoms with E-state index < -0.39 is 0 Å². The van der Waals surface area contributed by atoms with Crippen LogP contribution in [0.3, 0.4) is 0 Å². The van der Waals surface area contributed by atoms with E-state index in [9.17, 15) is 4.79 Å². The lowest BCUT2D eigenvalue weighted by molar-refractivity contribution is -0.123. The third kappa shape index (κ3) is 5.00. The standard InChI is InChI=1S/C19H23ClN2O4/c1-14-11-15(4-5-16(14)20)26-13-19(23)21-12-17(18-3-2-8-25-18)22-6-9-24-10-7-22/h2-5,8,11,17H,6-7,9-10,12-13H2,1H3,(H,21,23)/t17-/m1/s1. The van der Waals surface area contributed by atoms with E-state index in [2.05, 4.69) is 10.2 Å². The molecule has 2 aromatic rings. The summed E-state index contributed by atoms with van der Waals surface area (Å²) in [6.07, 6.45) is 1.65. The molecule has 1 amide bonds. The summed E-state index contributed by atoms with van der Waals surface area (Å²) in [5.74, 6) is 1.28. The number of morpholine rings is 1. The van der Waals surface area contributed by atoms with Gasteiger partial charge in [-0.2, -0.15) is 0 Å². The topological polar surface area (TPSA) is 63.9 Å². The zero-order valence-corrected chi connectivity index (χ0v) is 15.5. The van der Waals surface area contributed by atoms with Gasteiger partial charge in [-0.05, 0) is 42.8 Å². The first-order chi connectivity index (χ1) is 12.6. The van der Waals surface area contributed by atoms with E-state index in [0.29, 0.717) is 30.5 Å². The number of nitrogens with one attached hydrogen (secondary N) is 1. The molecule has 140 valence electrons. The minimum absolute atomic E-state index is 0.0179. The highest BCUT2D eigenvalue weighted by atomic mass is 35.5. The molecule has 1 aliphatic heterocycles. The Morgan fingerprint density at radius 3 is 2.85 bits per heavy atom. The van der Waals surface area contributed by atoms with Crippen molar-refractivity contribution in [2.24, 2.45) is 0 Å². The second-order valence-corrected chi connectivity index (χ2v) is 6.59. The van der Waals surface area contributed by atoms with Crippen LogP contribution in [0.5, 0.6) is 5.75 Å². The number of ether oxygens (including phenoxy) is 2. The minimum atomic E-state index is -0.178. The van der Waals surface area contributed by atoms with Gasteiger partial charge in [0, 0.05) is 24.7 Å². The van der Waals surface area contributed by atoms with Gasteiger partial charge in [0.15, 0.2) is 6.61 Å². The van der Waals surface area contributed by atoms with Gasteiger partial charge in [-0.25, -0.2) is 0 Å². The zero-order valence-electron chi connectivity index (χ0n) is 14.7. The second kappa shape index (κ2) is 9.07. The number of carbonyl (C=O) groups excluding carboxylic acids is 1. The van der Waals surface area contributed by atoms with Gasteiger partial charge in [-0.15, -0.1) is 0 Å². The molecule has 0 aliphatic carbocycles. The predicted molar refractivity (Wildman–Crippen MR) is 98.5 cm³/mol. The lowest BCUT2D eigenvalue weighted by atomic mass is 10.1. The maximum atomic E-state index is 12.2. The smallest absolute Gasteiger partial charge is 0.258 e. The van der Waals surface area contributed by atoms with Crippen LogP contribution in [0.25, 0.3) is 0 Å². The second-order valence-electron chi connectivity index (χ2n) is 6.18. The van der Waals surface area contributed by atoms with Gasteiger partial charge in [0.1, 0.15) is 11.5 Å². The van der Waals surface area contributed by atoms with Crippen molar-refractivity contribution < 1.29 is 18.7 Å². The predicted octanol–water partition coefficient (Wildman–Crippen LogP) is 2.81. The monoisotopic (exact) mass is 378 g/mol. The molecule has 0 radical (unpaired) electrons. The van der Waals surface area contributed by atoms with E-state index in [1.807, 2.05) is 25.1 Å². The number of furan rings is 1. The molecule has 2 heterocycles. The van der Waals surface area contributed by atoms with Gasteiger partial charge in [0.2, 0.25) is 0 Å². The third-order valence-electron chi connectivity index (χ3n) is 4.35. The molecule has 0 saturated carbocycles. The number of halogens is 1. The largest absolute Gasteiger partial charge is 0.484 e. The van der Waals surface area contributed by atoms with Gasteiger partial charge in [-0.1, -0.05) is 11.6 Å². The Kier molecular flexibility index (Phi) is 6.55. The molecule has 1 atom stereocenters. The average molecular weight is 379 g/mol. The quantitative estimate of drug-likeness (QED) is 0.802. The summed E-state index contributed by atoms with van der Waals surface area (Å²) in [5, 5.41) is 3.61. The molecule has 1 aliphatic rings. The zero-order chi connectivity index (χ0) is 18.4. The summed E-state index contributed by atoms with van der Waals surface area (Å²) in [6, 6.07) is 9.10. The number of hydrogen-bond donors (Lipinski definition) is 1. The van der Waals surface area contributed by atoms with Gasteiger partial charge >= 0.3 is 0 Å². The third-order valence-corrected chi connectivity index (χ3v) is 4.77. The highest BCUT2D eigenvalue weighted by Crippen LogP contribution is 2.22. The summed E-state index contributed by atoms with van der Waals surface area (Å²) in [7, 11) is 0. The maximum absolute atomic E-state index is 12.2. The molecule has 1 fully saturated rings. The molecule has 0 unspecified atom stereocenters. The first-order valence-electron chi connectivity index (χ1n) is 8.64. The molecule has 1 aromatic carbocycles. The SMILES string of the molecule is Cc1cc(OCC(=O)NC[C@H](c2ccco2)N2CCOCC2)ccc1Cl.